The number of hydrogen-bond acceptors (Lipinski definition) is 6. The largest absolute Gasteiger partial charge is 0.479 e. The van der Waals surface area contributed by atoms with Crippen molar-refractivity contribution in [3.63, 3.8) is 0 Å². The van der Waals surface area contributed by atoms with Gasteiger partial charge in [0.05, 0.1) is 10.6 Å². The van der Waals surface area contributed by atoms with E-state index in [2.05, 4.69) is 15.5 Å². The second-order valence-electron chi connectivity index (χ2n) is 9.23. The lowest BCUT2D eigenvalue weighted by Gasteiger charge is -2.31. The van der Waals surface area contributed by atoms with Crippen LogP contribution < -0.4 is 15.4 Å². The van der Waals surface area contributed by atoms with Crippen LogP contribution in [0.25, 0.3) is 0 Å². The maximum absolute atomic E-state index is 13.3. The van der Waals surface area contributed by atoms with Crippen molar-refractivity contribution in [1.29, 1.82) is 0 Å². The zero-order chi connectivity index (χ0) is 23.6. The van der Waals surface area contributed by atoms with E-state index < -0.39 is 16.1 Å². The fraction of sp³-hybridized carbons (Fsp3) is 0.652. The smallest absolute Gasteiger partial charge is 0.265 e. The Bertz CT molecular complexity index is 998. The number of nitrogens with zero attached hydrogens (tertiary/aromatic N) is 2. The highest BCUT2D eigenvalue weighted by Crippen LogP contribution is 2.36. The lowest BCUT2D eigenvalue weighted by Crippen LogP contribution is -2.43. The summed E-state index contributed by atoms with van der Waals surface area (Å²) in [7, 11) is -3.73. The molecular weight excluding hydrogens is 444 g/mol. The minimum absolute atomic E-state index is 0.0246. The number of sulfonamides is 1. The molecule has 3 aliphatic rings. The first-order valence-corrected chi connectivity index (χ1v) is 13.3. The van der Waals surface area contributed by atoms with Crippen LogP contribution in [0.5, 0.6) is 5.75 Å². The molecular formula is C23H34N4O5S. The standard InChI is InChI=1S/C23H34N4O5S/c1-16-14-19-20(32-17(2)22(28)25-19)15-21(16)33(30,31)27-12-6-18(7-13-27)23(29)24-8-5-11-26-9-3-4-10-26/h14-15,17-18H,3-13H2,1-2H3,(H,24,29)(H,25,28). The van der Waals surface area contributed by atoms with Gasteiger partial charge in [-0.25, -0.2) is 8.42 Å². The zero-order valence-corrected chi connectivity index (χ0v) is 20.2. The lowest BCUT2D eigenvalue weighted by molar-refractivity contribution is -0.126. The highest BCUT2D eigenvalue weighted by Gasteiger charge is 2.34. The SMILES string of the molecule is Cc1cc2c(cc1S(=O)(=O)N1CCC(C(=O)NCCCN3CCCC3)CC1)OC(C)C(=O)N2. The molecule has 0 aromatic heterocycles. The van der Waals surface area contributed by atoms with E-state index in [1.807, 2.05) is 0 Å². The first kappa shape index (κ1) is 24.0. The van der Waals surface area contributed by atoms with E-state index in [9.17, 15) is 18.0 Å². The molecule has 1 aromatic carbocycles. The molecule has 0 spiro atoms. The van der Waals surface area contributed by atoms with Gasteiger partial charge in [-0.1, -0.05) is 0 Å². The Morgan fingerprint density at radius 2 is 1.88 bits per heavy atom. The molecule has 2 amide bonds. The van der Waals surface area contributed by atoms with Crippen molar-refractivity contribution in [3.8, 4) is 5.75 Å². The fourth-order valence-electron chi connectivity index (χ4n) is 4.78. The van der Waals surface area contributed by atoms with E-state index >= 15 is 0 Å². The van der Waals surface area contributed by atoms with Crippen molar-refractivity contribution in [3.05, 3.63) is 17.7 Å². The molecule has 1 atom stereocenters. The van der Waals surface area contributed by atoms with Crippen LogP contribution in [-0.4, -0.2) is 74.8 Å². The average molecular weight is 479 g/mol. The van der Waals surface area contributed by atoms with Gasteiger partial charge in [0.2, 0.25) is 15.9 Å². The second kappa shape index (κ2) is 9.99. The van der Waals surface area contributed by atoms with Crippen LogP contribution in [0.1, 0.15) is 44.6 Å². The Labute approximate surface area is 195 Å². The number of fused-ring (bicyclic) bond motifs is 1. The predicted octanol–water partition coefficient (Wildman–Crippen LogP) is 1.72. The number of carbonyl (C=O) groups is 2. The van der Waals surface area contributed by atoms with Crippen molar-refractivity contribution in [1.82, 2.24) is 14.5 Å². The molecule has 0 aliphatic carbocycles. The number of piperidine rings is 1. The number of nitrogens with one attached hydrogen (secondary N) is 2. The summed E-state index contributed by atoms with van der Waals surface area (Å²) in [5.41, 5.74) is 1.03. The summed E-state index contributed by atoms with van der Waals surface area (Å²) in [5, 5.41) is 5.77. The monoisotopic (exact) mass is 478 g/mol. The summed E-state index contributed by atoms with van der Waals surface area (Å²) in [5.74, 6) is -0.0350. The molecule has 0 bridgehead atoms. The number of likely N-dealkylation sites (tertiary alicyclic amines) is 1. The first-order valence-electron chi connectivity index (χ1n) is 11.9. The number of carbonyl (C=O) groups excluding carboxylic acids is 2. The summed E-state index contributed by atoms with van der Waals surface area (Å²) in [4.78, 5) is 27.0. The Kier molecular flexibility index (Phi) is 7.25. The third kappa shape index (κ3) is 5.33. The van der Waals surface area contributed by atoms with Gasteiger partial charge in [-0.15, -0.1) is 0 Å². The van der Waals surface area contributed by atoms with E-state index in [4.69, 9.17) is 4.74 Å². The third-order valence-electron chi connectivity index (χ3n) is 6.80. The van der Waals surface area contributed by atoms with Crippen LogP contribution >= 0.6 is 0 Å². The van der Waals surface area contributed by atoms with Gasteiger partial charge in [0, 0.05) is 31.6 Å². The van der Waals surface area contributed by atoms with Crippen LogP contribution in [0.15, 0.2) is 17.0 Å². The topological polar surface area (TPSA) is 108 Å². The summed E-state index contributed by atoms with van der Waals surface area (Å²) >= 11 is 0. The summed E-state index contributed by atoms with van der Waals surface area (Å²) < 4.78 is 33.7. The fourth-order valence-corrected chi connectivity index (χ4v) is 6.47. The predicted molar refractivity (Wildman–Crippen MR) is 125 cm³/mol. The number of ether oxygens (including phenoxy) is 1. The van der Waals surface area contributed by atoms with E-state index in [1.165, 1.54) is 23.2 Å². The quantitative estimate of drug-likeness (QED) is 0.578. The maximum atomic E-state index is 13.3. The first-order chi connectivity index (χ1) is 15.8. The minimum Gasteiger partial charge on any atom is -0.479 e. The number of rotatable bonds is 7. The lowest BCUT2D eigenvalue weighted by atomic mass is 9.97. The van der Waals surface area contributed by atoms with Gasteiger partial charge in [0.15, 0.2) is 6.10 Å². The molecule has 1 aromatic rings. The van der Waals surface area contributed by atoms with Gasteiger partial charge < -0.3 is 20.3 Å². The molecule has 10 heteroatoms. The van der Waals surface area contributed by atoms with Gasteiger partial charge in [-0.05, 0) is 77.2 Å². The Morgan fingerprint density at radius 1 is 1.18 bits per heavy atom. The number of aryl methyl sites for hydroxylation is 1. The van der Waals surface area contributed by atoms with Crippen molar-refractivity contribution in [2.45, 2.75) is 57.0 Å². The van der Waals surface area contributed by atoms with Crippen molar-refractivity contribution in [2.75, 3.05) is 44.6 Å². The van der Waals surface area contributed by atoms with E-state index in [1.54, 1.807) is 19.9 Å². The maximum Gasteiger partial charge on any atom is 0.265 e. The molecule has 2 N–H and O–H groups in total. The molecule has 3 aliphatic heterocycles. The van der Waals surface area contributed by atoms with Gasteiger partial charge >= 0.3 is 0 Å². The molecule has 2 fully saturated rings. The molecule has 9 nitrogen and oxygen atoms in total. The van der Waals surface area contributed by atoms with E-state index in [0.717, 1.165) is 26.1 Å². The number of amides is 2. The molecule has 33 heavy (non-hydrogen) atoms. The van der Waals surface area contributed by atoms with Crippen molar-refractivity contribution in [2.24, 2.45) is 5.92 Å². The Morgan fingerprint density at radius 3 is 2.58 bits per heavy atom. The number of anilines is 1. The molecule has 182 valence electrons. The van der Waals surface area contributed by atoms with Gasteiger partial charge in [0.25, 0.3) is 5.91 Å². The van der Waals surface area contributed by atoms with Gasteiger partial charge in [-0.3, -0.25) is 9.59 Å². The molecule has 1 unspecified atom stereocenters. The van der Waals surface area contributed by atoms with Gasteiger partial charge in [-0.2, -0.15) is 4.31 Å². The third-order valence-corrected chi connectivity index (χ3v) is 8.84. The van der Waals surface area contributed by atoms with Crippen LogP contribution in [0.4, 0.5) is 5.69 Å². The second-order valence-corrected chi connectivity index (χ2v) is 11.1. The molecule has 3 heterocycles. The molecule has 0 radical (unpaired) electrons. The minimum atomic E-state index is -3.73. The van der Waals surface area contributed by atoms with E-state index in [-0.39, 0.29) is 22.6 Å². The van der Waals surface area contributed by atoms with Crippen LogP contribution in [0.3, 0.4) is 0 Å². The van der Waals surface area contributed by atoms with E-state index in [0.29, 0.717) is 49.5 Å². The highest BCUT2D eigenvalue weighted by molar-refractivity contribution is 7.89. The van der Waals surface area contributed by atoms with Crippen LogP contribution in [0, 0.1) is 12.8 Å². The van der Waals surface area contributed by atoms with Gasteiger partial charge in [0.1, 0.15) is 5.75 Å². The normalized spacial score (nSPS) is 22.5. The summed E-state index contributed by atoms with van der Waals surface area (Å²) in [6.45, 7) is 7.93. The molecule has 2 saturated heterocycles. The molecule has 4 rings (SSSR count). The Hall–Kier alpha value is -2.17. The number of benzene rings is 1. The molecule has 0 saturated carbocycles. The van der Waals surface area contributed by atoms with Crippen LogP contribution in [-0.2, 0) is 19.6 Å². The Balaban J connectivity index is 1.32. The van der Waals surface area contributed by atoms with Crippen molar-refractivity contribution < 1.29 is 22.7 Å². The summed E-state index contributed by atoms with van der Waals surface area (Å²) in [6.07, 6.45) is 3.80. The average Bonchev–Trinajstić information content (AvgIpc) is 3.31. The summed E-state index contributed by atoms with van der Waals surface area (Å²) in [6, 6.07) is 3.13. The van der Waals surface area contributed by atoms with Crippen LogP contribution in [0.2, 0.25) is 0 Å². The zero-order valence-electron chi connectivity index (χ0n) is 19.4. The number of hydrogen-bond donors (Lipinski definition) is 2. The highest BCUT2D eigenvalue weighted by atomic mass is 32.2. The van der Waals surface area contributed by atoms with Crippen molar-refractivity contribution >= 4 is 27.5 Å².